The van der Waals surface area contributed by atoms with E-state index in [1.807, 2.05) is 0 Å². The Morgan fingerprint density at radius 2 is 1.38 bits per heavy atom. The first-order chi connectivity index (χ1) is 10.1. The molecule has 0 bridgehead atoms. The molecule has 0 amide bonds. The highest BCUT2D eigenvalue weighted by atomic mass is 35.5. The van der Waals surface area contributed by atoms with Crippen LogP contribution in [0.2, 0.25) is 5.28 Å². The van der Waals surface area contributed by atoms with Crippen LogP contribution < -0.4 is 9.80 Å². The third-order valence-electron chi connectivity index (χ3n) is 3.83. The average Bonchev–Trinajstić information content (AvgIpc) is 2.47. The van der Waals surface area contributed by atoms with Crippen molar-refractivity contribution in [2.24, 2.45) is 0 Å². The lowest BCUT2D eigenvalue weighted by molar-refractivity contribution is 0.0969. The van der Waals surface area contributed by atoms with E-state index in [4.69, 9.17) is 21.1 Å². The highest BCUT2D eigenvalue weighted by molar-refractivity contribution is 6.28. The normalized spacial score (nSPS) is 27.0. The second-order valence-electron chi connectivity index (χ2n) is 5.44. The monoisotopic (exact) mass is 313 g/mol. The zero-order chi connectivity index (χ0) is 14.8. The first kappa shape index (κ1) is 14.7. The molecule has 7 nitrogen and oxygen atoms in total. The van der Waals surface area contributed by atoms with E-state index >= 15 is 0 Å². The maximum absolute atomic E-state index is 6.11. The predicted octanol–water partition coefficient (Wildman–Crippen LogP) is 0.975. The number of aromatic nitrogens is 3. The Kier molecular flexibility index (Phi) is 4.42. The molecule has 0 aliphatic carbocycles. The summed E-state index contributed by atoms with van der Waals surface area (Å²) in [4.78, 5) is 17.4. The molecule has 0 spiro atoms. The van der Waals surface area contributed by atoms with E-state index in [0.29, 0.717) is 38.3 Å². The molecule has 1 aromatic rings. The first-order valence-corrected chi connectivity index (χ1v) is 7.63. The van der Waals surface area contributed by atoms with Gasteiger partial charge < -0.3 is 19.3 Å². The number of nitrogens with zero attached hydrogens (tertiary/aromatic N) is 5. The Hall–Kier alpha value is -1.18. The molecular weight excluding hydrogens is 294 g/mol. The molecule has 0 radical (unpaired) electrons. The van der Waals surface area contributed by atoms with Gasteiger partial charge in [-0.05, 0) is 25.4 Å². The molecule has 1 aromatic heterocycles. The van der Waals surface area contributed by atoms with Crippen molar-refractivity contribution < 1.29 is 9.47 Å². The molecule has 2 saturated heterocycles. The molecule has 2 atom stereocenters. The van der Waals surface area contributed by atoms with Crippen LogP contribution in [0, 0.1) is 0 Å². The van der Waals surface area contributed by atoms with Crippen molar-refractivity contribution in [3.63, 3.8) is 0 Å². The fourth-order valence-corrected chi connectivity index (χ4v) is 2.79. The summed E-state index contributed by atoms with van der Waals surface area (Å²) in [5, 5.41) is 0.229. The van der Waals surface area contributed by atoms with Crippen molar-refractivity contribution in [2.45, 2.75) is 25.9 Å². The summed E-state index contributed by atoms with van der Waals surface area (Å²) in [6, 6.07) is 0.458. The predicted molar refractivity (Wildman–Crippen MR) is 80.1 cm³/mol. The van der Waals surface area contributed by atoms with Crippen molar-refractivity contribution in [1.29, 1.82) is 0 Å². The summed E-state index contributed by atoms with van der Waals surface area (Å²) in [7, 11) is 0. The Bertz CT molecular complexity index is 463. The molecule has 0 N–H and O–H groups in total. The van der Waals surface area contributed by atoms with Gasteiger partial charge in [0.15, 0.2) is 0 Å². The lowest BCUT2D eigenvalue weighted by atomic mass is 10.2. The van der Waals surface area contributed by atoms with Gasteiger partial charge in [-0.3, -0.25) is 0 Å². The number of anilines is 2. The molecule has 2 fully saturated rings. The lowest BCUT2D eigenvalue weighted by Crippen LogP contribution is -2.46. The Morgan fingerprint density at radius 3 is 1.81 bits per heavy atom. The number of morpholine rings is 2. The Balaban J connectivity index is 1.88. The molecule has 3 heterocycles. The number of halogens is 1. The summed E-state index contributed by atoms with van der Waals surface area (Å²) in [5.74, 6) is 1.25. The highest BCUT2D eigenvalue weighted by Crippen LogP contribution is 2.22. The number of hydrogen-bond acceptors (Lipinski definition) is 7. The smallest absolute Gasteiger partial charge is 0.231 e. The van der Waals surface area contributed by atoms with Gasteiger partial charge >= 0.3 is 0 Å². The minimum Gasteiger partial charge on any atom is -0.377 e. The molecule has 2 aliphatic rings. The van der Waals surface area contributed by atoms with Crippen LogP contribution in [0.25, 0.3) is 0 Å². The maximum atomic E-state index is 6.11. The van der Waals surface area contributed by atoms with E-state index in [2.05, 4.69) is 38.6 Å². The molecule has 116 valence electrons. The van der Waals surface area contributed by atoms with E-state index in [9.17, 15) is 0 Å². The molecule has 21 heavy (non-hydrogen) atoms. The van der Waals surface area contributed by atoms with E-state index in [1.165, 1.54) is 0 Å². The van der Waals surface area contributed by atoms with Gasteiger partial charge in [0.1, 0.15) is 0 Å². The molecule has 3 rings (SSSR count). The lowest BCUT2D eigenvalue weighted by Gasteiger charge is -2.35. The maximum Gasteiger partial charge on any atom is 0.231 e. The van der Waals surface area contributed by atoms with Crippen LogP contribution in [0.4, 0.5) is 11.9 Å². The second-order valence-corrected chi connectivity index (χ2v) is 5.78. The van der Waals surface area contributed by atoms with Crippen molar-refractivity contribution in [2.75, 3.05) is 49.3 Å². The summed E-state index contributed by atoms with van der Waals surface area (Å²) in [6.07, 6.45) is 0. The fraction of sp³-hybridized carbons (Fsp3) is 0.769. The van der Waals surface area contributed by atoms with Gasteiger partial charge in [0.2, 0.25) is 17.2 Å². The third-order valence-corrected chi connectivity index (χ3v) is 4.00. The van der Waals surface area contributed by atoms with E-state index in [0.717, 1.165) is 13.1 Å². The van der Waals surface area contributed by atoms with E-state index in [-0.39, 0.29) is 17.4 Å². The van der Waals surface area contributed by atoms with E-state index in [1.54, 1.807) is 0 Å². The van der Waals surface area contributed by atoms with Gasteiger partial charge in [-0.15, -0.1) is 0 Å². The summed E-state index contributed by atoms with van der Waals surface area (Å²) in [5.41, 5.74) is 0. The minimum atomic E-state index is 0.229. The number of ether oxygens (including phenoxy) is 2. The van der Waals surface area contributed by atoms with Gasteiger partial charge in [-0.25, -0.2) is 0 Å². The molecule has 0 aromatic carbocycles. The van der Waals surface area contributed by atoms with Gasteiger partial charge in [0, 0.05) is 13.1 Å². The van der Waals surface area contributed by atoms with Crippen molar-refractivity contribution in [3.8, 4) is 0 Å². The minimum absolute atomic E-state index is 0.229. The molecule has 1 unspecified atom stereocenters. The largest absolute Gasteiger partial charge is 0.377 e. The average molecular weight is 314 g/mol. The highest BCUT2D eigenvalue weighted by Gasteiger charge is 2.26. The topological polar surface area (TPSA) is 63.6 Å². The first-order valence-electron chi connectivity index (χ1n) is 7.25. The van der Waals surface area contributed by atoms with Gasteiger partial charge in [0.25, 0.3) is 0 Å². The van der Waals surface area contributed by atoms with Crippen LogP contribution >= 0.6 is 11.6 Å². The van der Waals surface area contributed by atoms with Crippen LogP contribution in [0.3, 0.4) is 0 Å². The van der Waals surface area contributed by atoms with Gasteiger partial charge in [-0.1, -0.05) is 0 Å². The molecular formula is C13H20ClN5O2. The summed E-state index contributed by atoms with van der Waals surface area (Å²) in [6.45, 7) is 8.41. The van der Waals surface area contributed by atoms with Crippen LogP contribution in [-0.2, 0) is 9.47 Å². The second kappa shape index (κ2) is 6.29. The standard InChI is InChI=1S/C13H20ClN5O2/c1-9-7-20-5-3-18(9)12-15-11(14)16-13(17-12)19-4-6-21-8-10(19)2/h9-10H,3-8H2,1-2H3/t9-,10?/m0/s1. The van der Waals surface area contributed by atoms with Crippen molar-refractivity contribution in [1.82, 2.24) is 15.0 Å². The van der Waals surface area contributed by atoms with Crippen LogP contribution in [-0.4, -0.2) is 66.6 Å². The van der Waals surface area contributed by atoms with Crippen LogP contribution in [0.1, 0.15) is 13.8 Å². The zero-order valence-corrected chi connectivity index (χ0v) is 13.1. The Labute approximate surface area is 129 Å². The Morgan fingerprint density at radius 1 is 0.905 bits per heavy atom. The molecule has 2 aliphatic heterocycles. The quantitative estimate of drug-likeness (QED) is 0.806. The third kappa shape index (κ3) is 3.20. The molecule has 8 heteroatoms. The van der Waals surface area contributed by atoms with Gasteiger partial charge in [-0.2, -0.15) is 15.0 Å². The molecule has 0 saturated carbocycles. The SMILES string of the molecule is CC1COCCN1c1nc(Cl)nc(N2CCOC[C@@H]2C)n1. The number of rotatable bonds is 2. The zero-order valence-electron chi connectivity index (χ0n) is 12.3. The fourth-order valence-electron chi connectivity index (χ4n) is 2.63. The summed E-state index contributed by atoms with van der Waals surface area (Å²) >= 11 is 6.11. The van der Waals surface area contributed by atoms with E-state index < -0.39 is 0 Å². The van der Waals surface area contributed by atoms with Crippen LogP contribution in [0.5, 0.6) is 0 Å². The van der Waals surface area contributed by atoms with Gasteiger partial charge in [0.05, 0.1) is 38.5 Å². The van der Waals surface area contributed by atoms with Crippen molar-refractivity contribution in [3.05, 3.63) is 5.28 Å². The summed E-state index contributed by atoms with van der Waals surface area (Å²) < 4.78 is 10.9. The van der Waals surface area contributed by atoms with Crippen LogP contribution in [0.15, 0.2) is 0 Å². The number of hydrogen-bond donors (Lipinski definition) is 0. The van der Waals surface area contributed by atoms with Crippen molar-refractivity contribution >= 4 is 23.5 Å².